The highest BCUT2D eigenvalue weighted by atomic mass is 35.5. The van der Waals surface area contributed by atoms with Gasteiger partial charge in [-0.15, -0.1) is 0 Å². The number of carbonyl (C=O) groups is 4. The zero-order valence-electron chi connectivity index (χ0n) is 27.5. The lowest BCUT2D eigenvalue weighted by atomic mass is 10.1. The number of alkyl halides is 3. The predicted molar refractivity (Wildman–Crippen MR) is 176 cm³/mol. The minimum Gasteiger partial charge on any atom is -0.465 e. The van der Waals surface area contributed by atoms with Gasteiger partial charge in [-0.05, 0) is 24.3 Å². The zero-order chi connectivity index (χ0) is 38.2. The first-order chi connectivity index (χ1) is 25.1. The molecule has 278 valence electrons. The van der Waals surface area contributed by atoms with Crippen LogP contribution in [0.3, 0.4) is 0 Å². The summed E-state index contributed by atoms with van der Waals surface area (Å²) < 4.78 is 49.4. The standard InChI is InChI=1S/C31H28ClF3N10O8/c1-40-22(20-15-44(39-25(20)31(33,34)35)24-5-3-18(13-36-24)45(51)52)14-37-26(40)27(46)38-17-2-4-19(21(32)12-17)28(47)41-6-8-42(9-7-41)29(48)23-16-53-11-10-43(23)30(49)50/h2-5,12-15,23H,6-11,16H2,1H3,(H,38,46)(H,49,50)/t23-/m0/s1. The monoisotopic (exact) mass is 760 g/mol. The molecular formula is C31H28ClF3N10O8. The smallest absolute Gasteiger partial charge is 0.435 e. The number of pyridine rings is 1. The molecule has 0 bridgehead atoms. The Hall–Kier alpha value is -6.09. The van der Waals surface area contributed by atoms with Gasteiger partial charge < -0.3 is 29.5 Å². The molecule has 18 nitrogen and oxygen atoms in total. The van der Waals surface area contributed by atoms with Crippen molar-refractivity contribution in [2.75, 3.05) is 51.3 Å². The van der Waals surface area contributed by atoms with Crippen molar-refractivity contribution in [2.24, 2.45) is 7.05 Å². The number of morpholine rings is 1. The van der Waals surface area contributed by atoms with Crippen molar-refractivity contribution in [1.82, 2.24) is 39.0 Å². The second-order valence-electron chi connectivity index (χ2n) is 11.8. The van der Waals surface area contributed by atoms with Crippen molar-refractivity contribution in [2.45, 2.75) is 12.2 Å². The van der Waals surface area contributed by atoms with Crippen LogP contribution in [-0.2, 0) is 22.8 Å². The Morgan fingerprint density at radius 3 is 2.38 bits per heavy atom. The Morgan fingerprint density at radius 1 is 1.04 bits per heavy atom. The quantitative estimate of drug-likeness (QED) is 0.206. The number of hydrogen-bond donors (Lipinski definition) is 2. The summed E-state index contributed by atoms with van der Waals surface area (Å²) in [5.41, 5.74) is -1.97. The van der Waals surface area contributed by atoms with Crippen molar-refractivity contribution in [3.63, 3.8) is 0 Å². The molecule has 5 heterocycles. The number of rotatable bonds is 7. The molecule has 0 saturated carbocycles. The van der Waals surface area contributed by atoms with Gasteiger partial charge in [0.2, 0.25) is 5.91 Å². The van der Waals surface area contributed by atoms with Crippen LogP contribution in [0.5, 0.6) is 0 Å². The number of aromatic nitrogens is 5. The summed E-state index contributed by atoms with van der Waals surface area (Å²) in [5, 5.41) is 26.5. The molecule has 2 N–H and O–H groups in total. The van der Waals surface area contributed by atoms with Crippen LogP contribution in [0, 0.1) is 10.1 Å². The largest absolute Gasteiger partial charge is 0.465 e. The molecule has 6 rings (SSSR count). The molecule has 3 aromatic heterocycles. The highest BCUT2D eigenvalue weighted by Gasteiger charge is 2.40. The maximum absolute atomic E-state index is 14.0. The summed E-state index contributed by atoms with van der Waals surface area (Å²) in [4.78, 5) is 73.2. The van der Waals surface area contributed by atoms with Gasteiger partial charge >= 0.3 is 12.3 Å². The van der Waals surface area contributed by atoms with Gasteiger partial charge in [-0.1, -0.05) is 11.6 Å². The van der Waals surface area contributed by atoms with E-state index in [2.05, 4.69) is 20.4 Å². The normalized spacial score (nSPS) is 16.4. The topological polar surface area (TPSA) is 211 Å². The van der Waals surface area contributed by atoms with E-state index < -0.39 is 52.2 Å². The fraction of sp³-hybridized carbons (Fsp3) is 0.323. The van der Waals surface area contributed by atoms with Crippen molar-refractivity contribution in [3.05, 3.63) is 81.1 Å². The molecule has 4 aromatic rings. The number of piperazine rings is 1. The number of nitrogens with zero attached hydrogens (tertiary/aromatic N) is 9. The van der Waals surface area contributed by atoms with Gasteiger partial charge in [0, 0.05) is 57.7 Å². The SMILES string of the molecule is Cn1c(-c2cn(-c3ccc([N+](=O)[O-])cn3)nc2C(F)(F)F)cnc1C(=O)Nc1ccc(C(=O)N2CCN(C(=O)[C@@H]3COCCN3C(=O)O)CC2)c(Cl)c1. The minimum atomic E-state index is -4.93. The molecule has 4 amide bonds. The molecule has 2 aliphatic heterocycles. The molecule has 1 atom stereocenters. The van der Waals surface area contributed by atoms with E-state index in [1.807, 2.05) is 0 Å². The number of carboxylic acid groups (broad SMARTS) is 1. The number of carbonyl (C=O) groups excluding carboxylic acids is 3. The number of imidazole rings is 1. The lowest BCUT2D eigenvalue weighted by molar-refractivity contribution is -0.385. The number of benzene rings is 1. The number of hydrogen-bond acceptors (Lipinski definition) is 10. The van der Waals surface area contributed by atoms with Gasteiger partial charge in [0.25, 0.3) is 17.5 Å². The number of anilines is 1. The van der Waals surface area contributed by atoms with Crippen LogP contribution in [0.2, 0.25) is 5.02 Å². The van der Waals surface area contributed by atoms with Gasteiger partial charge in [0.1, 0.15) is 12.2 Å². The van der Waals surface area contributed by atoms with Crippen LogP contribution in [-0.4, -0.2) is 125 Å². The fourth-order valence-corrected chi connectivity index (χ4v) is 6.14. The summed E-state index contributed by atoms with van der Waals surface area (Å²) in [6, 6.07) is 5.35. The number of amides is 4. The third kappa shape index (κ3) is 7.46. The van der Waals surface area contributed by atoms with Gasteiger partial charge in [-0.3, -0.25) is 29.4 Å². The first kappa shape index (κ1) is 36.7. The van der Waals surface area contributed by atoms with Crippen LogP contribution >= 0.6 is 11.6 Å². The van der Waals surface area contributed by atoms with Crippen molar-refractivity contribution in [3.8, 4) is 17.1 Å². The lowest BCUT2D eigenvalue weighted by Gasteiger charge is -2.39. The molecule has 0 unspecified atom stereocenters. The fourth-order valence-electron chi connectivity index (χ4n) is 5.88. The number of halogens is 4. The van der Waals surface area contributed by atoms with E-state index in [1.54, 1.807) is 0 Å². The van der Waals surface area contributed by atoms with Crippen molar-refractivity contribution in [1.29, 1.82) is 0 Å². The number of nitrogens with one attached hydrogen (secondary N) is 1. The van der Waals surface area contributed by atoms with Gasteiger partial charge in [-0.2, -0.15) is 18.3 Å². The van der Waals surface area contributed by atoms with Crippen molar-refractivity contribution < 1.29 is 47.1 Å². The molecule has 53 heavy (non-hydrogen) atoms. The van der Waals surface area contributed by atoms with E-state index >= 15 is 0 Å². The predicted octanol–water partition coefficient (Wildman–Crippen LogP) is 3.16. The molecule has 2 aliphatic rings. The molecule has 0 aliphatic carbocycles. The average molecular weight is 761 g/mol. The highest BCUT2D eigenvalue weighted by molar-refractivity contribution is 6.34. The molecule has 2 fully saturated rings. The van der Waals surface area contributed by atoms with Gasteiger partial charge in [-0.25, -0.2) is 19.4 Å². The molecule has 0 radical (unpaired) electrons. The summed E-state index contributed by atoms with van der Waals surface area (Å²) >= 11 is 6.44. The van der Waals surface area contributed by atoms with E-state index in [1.165, 1.54) is 35.0 Å². The Kier molecular flexibility index (Phi) is 10.0. The van der Waals surface area contributed by atoms with E-state index in [0.717, 1.165) is 44.9 Å². The lowest BCUT2D eigenvalue weighted by Crippen LogP contribution is -2.59. The van der Waals surface area contributed by atoms with Crippen LogP contribution in [0.25, 0.3) is 17.1 Å². The van der Waals surface area contributed by atoms with E-state index in [9.17, 15) is 47.6 Å². The van der Waals surface area contributed by atoms with Crippen molar-refractivity contribution >= 4 is 46.8 Å². The van der Waals surface area contributed by atoms with E-state index in [4.69, 9.17) is 16.3 Å². The summed E-state index contributed by atoms with van der Waals surface area (Å²) in [6.45, 7) is 0.831. The van der Waals surface area contributed by atoms with Crippen LogP contribution in [0.15, 0.2) is 48.9 Å². The third-order valence-electron chi connectivity index (χ3n) is 8.62. The molecule has 2 saturated heterocycles. The minimum absolute atomic E-state index is 0.00891. The average Bonchev–Trinajstić information content (AvgIpc) is 3.75. The molecule has 22 heteroatoms. The Bertz CT molecular complexity index is 2100. The van der Waals surface area contributed by atoms with Gasteiger partial charge in [0.15, 0.2) is 17.3 Å². The second-order valence-corrected chi connectivity index (χ2v) is 12.2. The molecule has 1 aromatic carbocycles. The second kappa shape index (κ2) is 14.5. The van der Waals surface area contributed by atoms with E-state index in [-0.39, 0.29) is 85.2 Å². The number of nitro groups is 1. The summed E-state index contributed by atoms with van der Waals surface area (Å²) in [6.07, 6.45) is -3.20. The van der Waals surface area contributed by atoms with Crippen LogP contribution < -0.4 is 5.32 Å². The maximum atomic E-state index is 14.0. The Labute approximate surface area is 301 Å². The van der Waals surface area contributed by atoms with Gasteiger partial charge in [0.05, 0.1) is 46.2 Å². The van der Waals surface area contributed by atoms with Crippen LogP contribution in [0.1, 0.15) is 26.7 Å². The first-order valence-electron chi connectivity index (χ1n) is 15.7. The molecular weight excluding hydrogens is 733 g/mol. The van der Waals surface area contributed by atoms with E-state index in [0.29, 0.717) is 0 Å². The highest BCUT2D eigenvalue weighted by Crippen LogP contribution is 2.37. The maximum Gasteiger partial charge on any atom is 0.435 e. The first-order valence-corrected chi connectivity index (χ1v) is 16.1. The summed E-state index contributed by atoms with van der Waals surface area (Å²) in [5.74, 6) is -2.05. The third-order valence-corrected chi connectivity index (χ3v) is 8.94. The zero-order valence-corrected chi connectivity index (χ0v) is 28.2. The molecule has 0 spiro atoms. The Balaban J connectivity index is 1.12. The number of ether oxygens (including phenoxy) is 1. The summed E-state index contributed by atoms with van der Waals surface area (Å²) in [7, 11) is 1.33. The Morgan fingerprint density at radius 2 is 1.75 bits per heavy atom. The van der Waals surface area contributed by atoms with Crippen LogP contribution in [0.4, 0.5) is 29.3 Å².